The highest BCUT2D eigenvalue weighted by atomic mass is 31.2. The molecule has 0 spiro atoms. The summed E-state index contributed by atoms with van der Waals surface area (Å²) in [7, 11) is 1.41. The second-order valence-corrected chi connectivity index (χ2v) is 14.8. The number of quaternary nitrogens is 1. The number of esters is 2. The minimum atomic E-state index is -4.39. The number of phosphoric ester groups is 1. The summed E-state index contributed by atoms with van der Waals surface area (Å²) >= 11 is 0. The van der Waals surface area contributed by atoms with Gasteiger partial charge in [-0.05, 0) is 51.4 Å². The summed E-state index contributed by atoms with van der Waals surface area (Å²) in [6, 6.07) is 0. The van der Waals surface area contributed by atoms with Crippen molar-refractivity contribution in [3.05, 3.63) is 85.1 Å². The van der Waals surface area contributed by atoms with Gasteiger partial charge in [-0.15, -0.1) is 0 Å². The molecule has 0 aliphatic carbocycles. The van der Waals surface area contributed by atoms with E-state index in [0.717, 1.165) is 44.9 Å². The van der Waals surface area contributed by atoms with Gasteiger partial charge in [0.2, 0.25) is 0 Å². The van der Waals surface area contributed by atoms with Crippen LogP contribution in [0.2, 0.25) is 0 Å². The van der Waals surface area contributed by atoms with Crippen LogP contribution in [0.25, 0.3) is 0 Å². The van der Waals surface area contributed by atoms with Crippen LogP contribution in [0.1, 0.15) is 110 Å². The van der Waals surface area contributed by atoms with Crippen LogP contribution in [0.3, 0.4) is 0 Å². The summed E-state index contributed by atoms with van der Waals surface area (Å²) in [5.74, 6) is -0.908. The van der Waals surface area contributed by atoms with Crippen molar-refractivity contribution in [3.63, 3.8) is 0 Å². The van der Waals surface area contributed by atoms with Crippen LogP contribution >= 0.6 is 7.82 Å². The maximum Gasteiger partial charge on any atom is 0.472 e. The van der Waals surface area contributed by atoms with Crippen LogP contribution < -0.4 is 0 Å². The topological polar surface area (TPSA) is 108 Å². The van der Waals surface area contributed by atoms with Crippen molar-refractivity contribution in [2.45, 2.75) is 116 Å². The number of rotatable bonds is 32. The van der Waals surface area contributed by atoms with Crippen molar-refractivity contribution < 1.29 is 42.1 Å². The van der Waals surface area contributed by atoms with Crippen LogP contribution in [-0.4, -0.2) is 74.9 Å². The lowest BCUT2D eigenvalue weighted by molar-refractivity contribution is -0.870. The van der Waals surface area contributed by atoms with Gasteiger partial charge >= 0.3 is 19.8 Å². The van der Waals surface area contributed by atoms with Crippen LogP contribution in [0.4, 0.5) is 0 Å². The van der Waals surface area contributed by atoms with E-state index < -0.39 is 32.5 Å². The molecule has 51 heavy (non-hydrogen) atoms. The zero-order valence-corrected chi connectivity index (χ0v) is 33.2. The molecule has 9 nitrogen and oxygen atoms in total. The van der Waals surface area contributed by atoms with Gasteiger partial charge in [-0.1, -0.05) is 131 Å². The Kier molecular flexibility index (Phi) is 31.2. The molecule has 0 amide bonds. The van der Waals surface area contributed by atoms with Crippen molar-refractivity contribution in [1.29, 1.82) is 0 Å². The number of carbonyl (C=O) groups excluding carboxylic acids is 2. The van der Waals surface area contributed by atoms with Crippen molar-refractivity contribution in [2.75, 3.05) is 47.5 Å². The monoisotopic (exact) mass is 734 g/mol. The maximum absolute atomic E-state index is 12.6. The van der Waals surface area contributed by atoms with E-state index in [-0.39, 0.29) is 26.1 Å². The average Bonchev–Trinajstić information content (AvgIpc) is 3.07. The standard InChI is InChI=1S/C41H68NO8P/c1-6-8-10-12-14-16-18-20-22-23-25-27-29-31-33-40(43)47-37-39(38-49-51(45,46)48-36-35-42(3,4)5)50-41(44)34-32-30-28-26-24-21-19-17-15-13-11-9-7-2/h8-11,13-17,19,21,24,26,28,39H,6-7,12,18,20,22-23,25,27,29-38H2,1-5H3/p+1/b10-8+,11-9+,15-13+,16-14+,19-17+,24-21+,28-26+. The molecule has 0 aliphatic rings. The molecule has 0 radical (unpaired) electrons. The van der Waals surface area contributed by atoms with Crippen molar-refractivity contribution >= 4 is 19.8 Å². The van der Waals surface area contributed by atoms with E-state index in [1.807, 2.05) is 75.8 Å². The molecule has 0 aromatic carbocycles. The lowest BCUT2D eigenvalue weighted by Crippen LogP contribution is -2.37. The van der Waals surface area contributed by atoms with Crippen molar-refractivity contribution in [1.82, 2.24) is 0 Å². The minimum absolute atomic E-state index is 0.0119. The predicted octanol–water partition coefficient (Wildman–Crippen LogP) is 10.1. The van der Waals surface area contributed by atoms with E-state index in [4.69, 9.17) is 18.5 Å². The number of hydrogen-bond acceptors (Lipinski definition) is 7. The maximum atomic E-state index is 12.6. The molecule has 0 heterocycles. The van der Waals surface area contributed by atoms with Gasteiger partial charge in [-0.3, -0.25) is 18.6 Å². The number of allylic oxidation sites excluding steroid dienone is 14. The molecule has 2 unspecified atom stereocenters. The third-order valence-electron chi connectivity index (χ3n) is 7.30. The van der Waals surface area contributed by atoms with Crippen LogP contribution in [0.15, 0.2) is 85.1 Å². The van der Waals surface area contributed by atoms with E-state index in [9.17, 15) is 19.0 Å². The van der Waals surface area contributed by atoms with Crippen LogP contribution in [0.5, 0.6) is 0 Å². The predicted molar refractivity (Wildman–Crippen MR) is 210 cm³/mol. The highest BCUT2D eigenvalue weighted by Crippen LogP contribution is 2.43. The lowest BCUT2D eigenvalue weighted by Gasteiger charge is -2.24. The first-order valence-corrected chi connectivity index (χ1v) is 20.4. The lowest BCUT2D eigenvalue weighted by atomic mass is 10.1. The van der Waals surface area contributed by atoms with E-state index in [2.05, 4.69) is 44.2 Å². The Hall–Kier alpha value is -2.81. The van der Waals surface area contributed by atoms with Gasteiger partial charge in [0.1, 0.15) is 19.8 Å². The third kappa shape index (κ3) is 36.8. The summed E-state index contributed by atoms with van der Waals surface area (Å²) in [5.41, 5.74) is 0. The quantitative estimate of drug-likeness (QED) is 0.0182. The molecule has 0 rings (SSSR count). The molecule has 0 aromatic heterocycles. The molecule has 0 aromatic rings. The first-order valence-electron chi connectivity index (χ1n) is 18.9. The molecule has 0 fully saturated rings. The van der Waals surface area contributed by atoms with Gasteiger partial charge in [-0.2, -0.15) is 0 Å². The first kappa shape index (κ1) is 48.2. The van der Waals surface area contributed by atoms with E-state index in [1.54, 1.807) is 0 Å². The SMILES string of the molecule is CC/C=C/C=C/C=C/C=C/C=C/CCCC(=O)OC(COC(=O)CCCCCCCCC/C=C/C/C=C/CC)COP(=O)(O)OCC[N+](C)(C)C. The zero-order valence-electron chi connectivity index (χ0n) is 32.3. The fourth-order valence-corrected chi connectivity index (χ4v) is 5.11. The summed E-state index contributed by atoms with van der Waals surface area (Å²) in [5, 5.41) is 0. The number of unbranched alkanes of at least 4 members (excludes halogenated alkanes) is 8. The Labute approximate surface area is 310 Å². The molecule has 0 aliphatic heterocycles. The Morgan fingerprint density at radius 2 is 1.18 bits per heavy atom. The molecule has 1 N–H and O–H groups in total. The average molecular weight is 735 g/mol. The van der Waals surface area contributed by atoms with Gasteiger partial charge in [0, 0.05) is 12.8 Å². The fourth-order valence-electron chi connectivity index (χ4n) is 4.37. The summed E-state index contributed by atoms with van der Waals surface area (Å²) in [6.45, 7) is 4.03. The van der Waals surface area contributed by atoms with Gasteiger partial charge in [0.15, 0.2) is 6.10 Å². The number of ether oxygens (including phenoxy) is 2. The molecular formula is C41H69NO8P+. The summed E-state index contributed by atoms with van der Waals surface area (Å²) < 4.78 is 34.0. The Bertz CT molecular complexity index is 1150. The largest absolute Gasteiger partial charge is 0.472 e. The van der Waals surface area contributed by atoms with E-state index in [0.29, 0.717) is 30.3 Å². The normalized spacial score (nSPS) is 14.7. The highest BCUT2D eigenvalue weighted by molar-refractivity contribution is 7.47. The van der Waals surface area contributed by atoms with Gasteiger partial charge in [0.05, 0.1) is 27.7 Å². The number of hydrogen-bond donors (Lipinski definition) is 1. The molecule has 290 valence electrons. The minimum Gasteiger partial charge on any atom is -0.462 e. The zero-order chi connectivity index (χ0) is 37.9. The van der Waals surface area contributed by atoms with E-state index in [1.165, 1.54) is 19.3 Å². The van der Waals surface area contributed by atoms with Gasteiger partial charge in [-0.25, -0.2) is 4.57 Å². The highest BCUT2D eigenvalue weighted by Gasteiger charge is 2.27. The van der Waals surface area contributed by atoms with Crippen LogP contribution in [-0.2, 0) is 32.7 Å². The Morgan fingerprint density at radius 1 is 0.627 bits per heavy atom. The van der Waals surface area contributed by atoms with Crippen LogP contribution in [0, 0.1) is 0 Å². The van der Waals surface area contributed by atoms with Crippen molar-refractivity contribution in [2.24, 2.45) is 0 Å². The van der Waals surface area contributed by atoms with Crippen molar-refractivity contribution in [3.8, 4) is 0 Å². The van der Waals surface area contributed by atoms with Gasteiger partial charge in [0.25, 0.3) is 0 Å². The second kappa shape index (κ2) is 33.1. The Balaban J connectivity index is 4.59. The second-order valence-electron chi connectivity index (χ2n) is 13.3. The third-order valence-corrected chi connectivity index (χ3v) is 8.28. The molecule has 2 atom stereocenters. The fraction of sp³-hybridized carbons (Fsp3) is 0.610. The summed E-state index contributed by atoms with van der Waals surface area (Å²) in [4.78, 5) is 35.1. The van der Waals surface area contributed by atoms with Gasteiger partial charge < -0.3 is 18.9 Å². The Morgan fingerprint density at radius 3 is 1.82 bits per heavy atom. The smallest absolute Gasteiger partial charge is 0.462 e. The first-order chi connectivity index (χ1) is 24.5. The number of phosphoric acid groups is 1. The number of carbonyl (C=O) groups is 2. The summed E-state index contributed by atoms with van der Waals surface area (Å²) in [6.07, 6.45) is 40.8. The molecule has 0 bridgehead atoms. The molecule has 0 saturated heterocycles. The molecule has 0 saturated carbocycles. The number of nitrogens with zero attached hydrogens (tertiary/aromatic N) is 1. The molecular weight excluding hydrogens is 665 g/mol. The molecule has 10 heteroatoms. The van der Waals surface area contributed by atoms with E-state index >= 15 is 0 Å². The number of likely N-dealkylation sites (N-methyl/N-ethyl adjacent to an activating group) is 1.